The van der Waals surface area contributed by atoms with E-state index in [1.54, 1.807) is 23.1 Å². The van der Waals surface area contributed by atoms with E-state index in [4.69, 9.17) is 21.1 Å². The van der Waals surface area contributed by atoms with E-state index < -0.39 is 0 Å². The molecule has 2 aromatic rings. The summed E-state index contributed by atoms with van der Waals surface area (Å²) in [4.78, 5) is 13.5. The number of carbonyl (C=O) groups excluding carboxylic acids is 1. The molecule has 2 aromatic carbocycles. The van der Waals surface area contributed by atoms with Crippen LogP contribution in [-0.4, -0.2) is 25.3 Å². The van der Waals surface area contributed by atoms with Crippen molar-refractivity contribution in [3.63, 3.8) is 0 Å². The maximum absolute atomic E-state index is 11.9. The first kappa shape index (κ1) is 13.8. The Kier molecular flexibility index (Phi) is 3.97. The molecule has 21 heavy (non-hydrogen) atoms. The Balaban J connectivity index is 1.62. The fraction of sp³-hybridized carbons (Fsp3) is 0.188. The topological polar surface area (TPSA) is 38.8 Å². The molecule has 0 spiro atoms. The average molecular weight is 304 g/mol. The number of para-hydroxylation sites is 1. The minimum atomic E-state index is -0.376. The maximum Gasteiger partial charge on any atom is 0.414 e. The lowest BCUT2D eigenvalue weighted by atomic mass is 10.3. The Hall–Kier alpha value is -2.20. The van der Waals surface area contributed by atoms with Crippen LogP contribution in [0.2, 0.25) is 5.02 Å². The molecular formula is C16H14ClNO3. The van der Waals surface area contributed by atoms with Gasteiger partial charge in [0.05, 0.1) is 6.54 Å². The van der Waals surface area contributed by atoms with Crippen molar-refractivity contribution in [3.05, 3.63) is 59.6 Å². The Labute approximate surface area is 127 Å². The molecule has 1 amide bonds. The summed E-state index contributed by atoms with van der Waals surface area (Å²) in [7, 11) is 0. The molecular weight excluding hydrogens is 290 g/mol. The number of cyclic esters (lactones) is 1. The smallest absolute Gasteiger partial charge is 0.414 e. The number of nitrogens with zero attached hydrogens (tertiary/aromatic N) is 1. The van der Waals surface area contributed by atoms with Crippen LogP contribution in [0.1, 0.15) is 0 Å². The van der Waals surface area contributed by atoms with Crippen molar-refractivity contribution < 1.29 is 14.3 Å². The van der Waals surface area contributed by atoms with Gasteiger partial charge in [-0.05, 0) is 30.3 Å². The molecule has 3 rings (SSSR count). The van der Waals surface area contributed by atoms with Crippen molar-refractivity contribution in [1.29, 1.82) is 0 Å². The lowest BCUT2D eigenvalue weighted by molar-refractivity contribution is 0.105. The van der Waals surface area contributed by atoms with Crippen molar-refractivity contribution in [2.45, 2.75) is 6.10 Å². The molecule has 5 heteroatoms. The second-order valence-electron chi connectivity index (χ2n) is 4.72. The van der Waals surface area contributed by atoms with Gasteiger partial charge in [-0.3, -0.25) is 4.90 Å². The van der Waals surface area contributed by atoms with Gasteiger partial charge >= 0.3 is 6.09 Å². The standard InChI is InChI=1S/C16H14ClNO3/c17-12-5-4-6-13(9-12)18-10-15(21-16(18)19)11-20-14-7-2-1-3-8-14/h1-9,15H,10-11H2. The molecule has 0 aromatic heterocycles. The second kappa shape index (κ2) is 6.06. The molecule has 0 N–H and O–H groups in total. The van der Waals surface area contributed by atoms with Crippen molar-refractivity contribution in [3.8, 4) is 5.75 Å². The second-order valence-corrected chi connectivity index (χ2v) is 5.16. The molecule has 0 aliphatic carbocycles. The third-order valence-electron chi connectivity index (χ3n) is 3.17. The normalized spacial score (nSPS) is 17.7. The van der Waals surface area contributed by atoms with Crippen LogP contribution in [0.25, 0.3) is 0 Å². The summed E-state index contributed by atoms with van der Waals surface area (Å²) in [5.41, 5.74) is 0.731. The van der Waals surface area contributed by atoms with Crippen LogP contribution in [0.15, 0.2) is 54.6 Å². The van der Waals surface area contributed by atoms with Crippen LogP contribution in [0.4, 0.5) is 10.5 Å². The van der Waals surface area contributed by atoms with Gasteiger partial charge < -0.3 is 9.47 Å². The highest BCUT2D eigenvalue weighted by atomic mass is 35.5. The van der Waals surface area contributed by atoms with Gasteiger partial charge in [-0.2, -0.15) is 0 Å². The minimum absolute atomic E-state index is 0.295. The zero-order chi connectivity index (χ0) is 14.7. The van der Waals surface area contributed by atoms with Crippen molar-refractivity contribution >= 4 is 23.4 Å². The van der Waals surface area contributed by atoms with Crippen LogP contribution < -0.4 is 9.64 Å². The number of hydrogen-bond donors (Lipinski definition) is 0. The van der Waals surface area contributed by atoms with E-state index in [0.29, 0.717) is 18.2 Å². The van der Waals surface area contributed by atoms with Crippen LogP contribution in [0.5, 0.6) is 5.75 Å². The summed E-state index contributed by atoms with van der Waals surface area (Å²) in [6, 6.07) is 16.6. The molecule has 0 bridgehead atoms. The number of anilines is 1. The Morgan fingerprint density at radius 3 is 2.76 bits per heavy atom. The fourth-order valence-electron chi connectivity index (χ4n) is 2.17. The molecule has 1 heterocycles. The van der Waals surface area contributed by atoms with Gasteiger partial charge in [-0.25, -0.2) is 4.79 Å². The zero-order valence-corrected chi connectivity index (χ0v) is 12.0. The summed E-state index contributed by atoms with van der Waals surface area (Å²) in [6.45, 7) is 0.777. The van der Waals surface area contributed by atoms with Crippen molar-refractivity contribution in [2.75, 3.05) is 18.1 Å². The monoisotopic (exact) mass is 303 g/mol. The highest BCUT2D eigenvalue weighted by molar-refractivity contribution is 6.30. The average Bonchev–Trinajstić information content (AvgIpc) is 2.87. The third-order valence-corrected chi connectivity index (χ3v) is 3.41. The van der Waals surface area contributed by atoms with E-state index in [9.17, 15) is 4.79 Å². The number of amides is 1. The predicted octanol–water partition coefficient (Wildman–Crippen LogP) is 3.74. The Morgan fingerprint density at radius 2 is 2.00 bits per heavy atom. The predicted molar refractivity (Wildman–Crippen MR) is 81.0 cm³/mol. The van der Waals surface area contributed by atoms with Gasteiger partial charge in [-0.1, -0.05) is 35.9 Å². The summed E-state index contributed by atoms with van der Waals surface area (Å²) in [5.74, 6) is 0.759. The summed E-state index contributed by atoms with van der Waals surface area (Å²) in [6.07, 6.45) is -0.671. The third kappa shape index (κ3) is 3.28. The number of benzene rings is 2. The fourth-order valence-corrected chi connectivity index (χ4v) is 2.35. The molecule has 1 unspecified atom stereocenters. The number of ether oxygens (including phenoxy) is 2. The first-order valence-electron chi connectivity index (χ1n) is 6.64. The lowest BCUT2D eigenvalue weighted by Gasteiger charge is -2.13. The zero-order valence-electron chi connectivity index (χ0n) is 11.2. The van der Waals surface area contributed by atoms with Gasteiger partial charge in [0, 0.05) is 10.7 Å². The van der Waals surface area contributed by atoms with E-state index in [2.05, 4.69) is 0 Å². The first-order chi connectivity index (χ1) is 10.2. The summed E-state index contributed by atoms with van der Waals surface area (Å²) < 4.78 is 10.9. The largest absolute Gasteiger partial charge is 0.490 e. The molecule has 0 radical (unpaired) electrons. The van der Waals surface area contributed by atoms with Crippen molar-refractivity contribution in [2.24, 2.45) is 0 Å². The van der Waals surface area contributed by atoms with E-state index in [1.165, 1.54) is 0 Å². The van der Waals surface area contributed by atoms with E-state index >= 15 is 0 Å². The molecule has 4 nitrogen and oxygen atoms in total. The van der Waals surface area contributed by atoms with Crippen LogP contribution in [-0.2, 0) is 4.74 Å². The van der Waals surface area contributed by atoms with Gasteiger partial charge in [-0.15, -0.1) is 0 Å². The van der Waals surface area contributed by atoms with Crippen LogP contribution in [0.3, 0.4) is 0 Å². The number of hydrogen-bond acceptors (Lipinski definition) is 3. The molecule has 1 saturated heterocycles. The quantitative estimate of drug-likeness (QED) is 0.863. The number of carbonyl (C=O) groups is 1. The summed E-state index contributed by atoms with van der Waals surface area (Å²) in [5, 5.41) is 0.587. The molecule has 108 valence electrons. The SMILES string of the molecule is O=C1OC(COc2ccccc2)CN1c1cccc(Cl)c1. The van der Waals surface area contributed by atoms with Gasteiger partial charge in [0.2, 0.25) is 0 Å². The van der Waals surface area contributed by atoms with E-state index in [1.807, 2.05) is 36.4 Å². The lowest BCUT2D eigenvalue weighted by Crippen LogP contribution is -2.26. The van der Waals surface area contributed by atoms with E-state index in [-0.39, 0.29) is 12.2 Å². The molecule has 1 aliphatic rings. The van der Waals surface area contributed by atoms with E-state index in [0.717, 1.165) is 11.4 Å². The van der Waals surface area contributed by atoms with Crippen LogP contribution in [0, 0.1) is 0 Å². The molecule has 1 aliphatic heterocycles. The number of halogens is 1. The van der Waals surface area contributed by atoms with Gasteiger partial charge in [0.25, 0.3) is 0 Å². The minimum Gasteiger partial charge on any atom is -0.490 e. The summed E-state index contributed by atoms with van der Waals surface area (Å²) >= 11 is 5.95. The Bertz CT molecular complexity index is 632. The maximum atomic E-state index is 11.9. The molecule has 0 saturated carbocycles. The molecule has 1 fully saturated rings. The number of rotatable bonds is 4. The highest BCUT2D eigenvalue weighted by Crippen LogP contribution is 2.24. The highest BCUT2D eigenvalue weighted by Gasteiger charge is 2.32. The first-order valence-corrected chi connectivity index (χ1v) is 7.02. The Morgan fingerprint density at radius 1 is 1.19 bits per heavy atom. The van der Waals surface area contributed by atoms with Gasteiger partial charge in [0.15, 0.2) is 6.10 Å². The molecule has 1 atom stereocenters. The van der Waals surface area contributed by atoms with Crippen LogP contribution >= 0.6 is 11.6 Å². The van der Waals surface area contributed by atoms with Crippen molar-refractivity contribution in [1.82, 2.24) is 0 Å². The van der Waals surface area contributed by atoms with Gasteiger partial charge in [0.1, 0.15) is 12.4 Å².